The van der Waals surface area contributed by atoms with Gasteiger partial charge in [0.15, 0.2) is 5.65 Å². The van der Waals surface area contributed by atoms with E-state index in [0.29, 0.717) is 6.04 Å². The zero-order chi connectivity index (χ0) is 20.8. The van der Waals surface area contributed by atoms with Crippen molar-refractivity contribution >= 4 is 17.3 Å². The first-order valence-electron chi connectivity index (χ1n) is 10.9. The molecule has 156 valence electrons. The number of aromatic nitrogens is 4. The quantitative estimate of drug-likeness (QED) is 0.506. The fourth-order valence-electron chi connectivity index (χ4n) is 4.39. The van der Waals surface area contributed by atoms with Gasteiger partial charge < -0.3 is 10.2 Å². The van der Waals surface area contributed by atoms with Crippen molar-refractivity contribution in [2.75, 3.05) is 16.8 Å². The molecule has 0 bridgehead atoms. The lowest BCUT2D eigenvalue weighted by atomic mass is 10.0. The number of fused-ring (bicyclic) bond motifs is 1. The number of pyridine rings is 1. The smallest absolute Gasteiger partial charge is 0.154 e. The average Bonchev–Trinajstić information content (AvgIpc) is 3.30. The van der Waals surface area contributed by atoms with Crippen LogP contribution in [0.5, 0.6) is 0 Å². The topological polar surface area (TPSA) is 58.4 Å². The van der Waals surface area contributed by atoms with Crippen LogP contribution >= 0.6 is 0 Å². The average molecular weight is 414 g/mol. The number of imidazole rings is 1. The van der Waals surface area contributed by atoms with E-state index in [1.165, 1.54) is 18.9 Å². The summed E-state index contributed by atoms with van der Waals surface area (Å²) in [5.41, 5.74) is 3.47. The van der Waals surface area contributed by atoms with Crippen molar-refractivity contribution in [3.8, 4) is 11.4 Å². The second-order valence-electron chi connectivity index (χ2n) is 8.34. The molecule has 0 radical (unpaired) electrons. The number of hydrogen-bond acceptors (Lipinski definition) is 5. The molecule has 1 saturated heterocycles. The van der Waals surface area contributed by atoms with E-state index in [-0.39, 0.29) is 11.9 Å². The lowest BCUT2D eigenvalue weighted by Crippen LogP contribution is -2.24. The molecule has 1 atom stereocenters. The highest BCUT2D eigenvalue weighted by Crippen LogP contribution is 2.35. The molecule has 0 amide bonds. The summed E-state index contributed by atoms with van der Waals surface area (Å²) < 4.78 is 15.7. The number of nitrogens with zero attached hydrogens (tertiary/aromatic N) is 5. The second-order valence-corrected chi connectivity index (χ2v) is 8.34. The Bertz CT molecular complexity index is 1250. The lowest BCUT2D eigenvalue weighted by molar-refractivity contribution is 0.617. The summed E-state index contributed by atoms with van der Waals surface area (Å²) in [6.45, 7) is 0.892. The number of hydrogen-bond donors (Lipinski definition) is 1. The molecule has 6 rings (SSSR count). The summed E-state index contributed by atoms with van der Waals surface area (Å²) in [6, 6.07) is 17.5. The lowest BCUT2D eigenvalue weighted by Gasteiger charge is -2.26. The Balaban J connectivity index is 1.36. The molecule has 0 spiro atoms. The molecule has 1 aliphatic carbocycles. The van der Waals surface area contributed by atoms with E-state index < -0.39 is 0 Å². The molecular weight excluding hydrogens is 391 g/mol. The van der Waals surface area contributed by atoms with E-state index in [4.69, 9.17) is 10.1 Å². The van der Waals surface area contributed by atoms with Crippen LogP contribution in [0.2, 0.25) is 0 Å². The fourth-order valence-corrected chi connectivity index (χ4v) is 4.39. The van der Waals surface area contributed by atoms with E-state index in [2.05, 4.69) is 15.2 Å². The van der Waals surface area contributed by atoms with E-state index in [1.807, 2.05) is 47.1 Å². The Morgan fingerprint density at radius 2 is 1.90 bits per heavy atom. The summed E-state index contributed by atoms with van der Waals surface area (Å²) in [5, 5.41) is 8.37. The first kappa shape index (κ1) is 18.3. The minimum Gasteiger partial charge on any atom is -0.367 e. The van der Waals surface area contributed by atoms with Gasteiger partial charge in [0.25, 0.3) is 0 Å². The van der Waals surface area contributed by atoms with Gasteiger partial charge in [0, 0.05) is 12.6 Å². The Morgan fingerprint density at radius 1 is 1.00 bits per heavy atom. The van der Waals surface area contributed by atoms with Crippen LogP contribution in [-0.4, -0.2) is 32.2 Å². The molecule has 4 aromatic rings. The predicted molar refractivity (Wildman–Crippen MR) is 119 cm³/mol. The van der Waals surface area contributed by atoms with Crippen LogP contribution in [0.3, 0.4) is 0 Å². The first-order chi connectivity index (χ1) is 15.2. The van der Waals surface area contributed by atoms with E-state index in [9.17, 15) is 4.39 Å². The zero-order valence-electron chi connectivity index (χ0n) is 17.1. The molecule has 31 heavy (non-hydrogen) atoms. The summed E-state index contributed by atoms with van der Waals surface area (Å²) in [6.07, 6.45) is 6.26. The van der Waals surface area contributed by atoms with Crippen molar-refractivity contribution in [2.45, 2.75) is 37.8 Å². The SMILES string of the molecule is Fc1cccc(C2CCCN2c2ccc3ncc(-c4cccc(NC5CC5)n4)n3n2)c1. The number of halogens is 1. The standard InChI is InChI=1S/C24H23FN6/c25-17-5-1-4-16(14-17)20-7-3-13-30(20)24-12-11-23-26-15-21(31(23)29-24)19-6-2-8-22(28-19)27-18-9-10-18/h1-2,4-6,8,11-12,14-15,18,20H,3,7,9-10,13H2,(H,27,28). The monoisotopic (exact) mass is 414 g/mol. The fraction of sp³-hybridized carbons (Fsp3) is 0.292. The summed E-state index contributed by atoms with van der Waals surface area (Å²) in [4.78, 5) is 11.6. The maximum absolute atomic E-state index is 13.8. The van der Waals surface area contributed by atoms with Crippen LogP contribution in [0.4, 0.5) is 16.0 Å². The molecule has 3 aromatic heterocycles. The first-order valence-corrected chi connectivity index (χ1v) is 10.9. The van der Waals surface area contributed by atoms with E-state index in [0.717, 1.165) is 53.6 Å². The van der Waals surface area contributed by atoms with Gasteiger partial charge in [-0.3, -0.25) is 0 Å². The zero-order valence-corrected chi connectivity index (χ0v) is 17.1. The van der Waals surface area contributed by atoms with Crippen molar-refractivity contribution < 1.29 is 4.39 Å². The Hall–Kier alpha value is -3.48. The Kier molecular flexibility index (Phi) is 4.33. The molecule has 1 saturated carbocycles. The van der Waals surface area contributed by atoms with Gasteiger partial charge in [-0.25, -0.2) is 18.9 Å². The van der Waals surface area contributed by atoms with Crippen LogP contribution < -0.4 is 10.2 Å². The van der Waals surface area contributed by atoms with Gasteiger partial charge in [0.2, 0.25) is 0 Å². The summed E-state index contributed by atoms with van der Waals surface area (Å²) in [5.74, 6) is 1.55. The molecule has 1 N–H and O–H groups in total. The normalized spacial score (nSPS) is 18.6. The number of rotatable bonds is 5. The third-order valence-electron chi connectivity index (χ3n) is 6.07. The predicted octanol–water partition coefficient (Wildman–Crippen LogP) is 4.85. The van der Waals surface area contributed by atoms with E-state index >= 15 is 0 Å². The third-order valence-corrected chi connectivity index (χ3v) is 6.07. The van der Waals surface area contributed by atoms with Crippen LogP contribution in [0.1, 0.15) is 37.3 Å². The maximum atomic E-state index is 13.8. The van der Waals surface area contributed by atoms with Gasteiger partial charge >= 0.3 is 0 Å². The molecule has 1 unspecified atom stereocenters. The highest BCUT2D eigenvalue weighted by Gasteiger charge is 2.28. The van der Waals surface area contributed by atoms with Crippen molar-refractivity contribution in [3.63, 3.8) is 0 Å². The van der Waals surface area contributed by atoms with Crippen LogP contribution in [0.25, 0.3) is 17.0 Å². The maximum Gasteiger partial charge on any atom is 0.154 e. The minimum absolute atomic E-state index is 0.122. The van der Waals surface area contributed by atoms with Gasteiger partial charge in [0.05, 0.1) is 17.9 Å². The molecular formula is C24H23FN6. The molecule has 7 heteroatoms. The summed E-state index contributed by atoms with van der Waals surface area (Å²) >= 11 is 0. The van der Waals surface area contributed by atoms with Crippen molar-refractivity contribution in [1.29, 1.82) is 0 Å². The number of benzene rings is 1. The molecule has 2 aliphatic rings. The van der Waals surface area contributed by atoms with Gasteiger partial charge in [-0.2, -0.15) is 0 Å². The van der Waals surface area contributed by atoms with Crippen molar-refractivity contribution in [3.05, 3.63) is 72.2 Å². The van der Waals surface area contributed by atoms with Crippen molar-refractivity contribution in [1.82, 2.24) is 19.6 Å². The third kappa shape index (κ3) is 3.50. The van der Waals surface area contributed by atoms with Gasteiger partial charge in [-0.1, -0.05) is 18.2 Å². The minimum atomic E-state index is -0.199. The summed E-state index contributed by atoms with van der Waals surface area (Å²) in [7, 11) is 0. The number of anilines is 2. The van der Waals surface area contributed by atoms with Crippen LogP contribution in [0, 0.1) is 5.82 Å². The molecule has 1 aliphatic heterocycles. The molecule has 1 aromatic carbocycles. The highest BCUT2D eigenvalue weighted by molar-refractivity contribution is 5.62. The molecule has 2 fully saturated rings. The Labute approximate surface area is 179 Å². The second kappa shape index (κ2) is 7.34. The molecule has 6 nitrogen and oxygen atoms in total. The number of nitrogens with one attached hydrogen (secondary N) is 1. The highest BCUT2D eigenvalue weighted by atomic mass is 19.1. The van der Waals surface area contributed by atoms with Gasteiger partial charge in [0.1, 0.15) is 23.1 Å². The van der Waals surface area contributed by atoms with Crippen LogP contribution in [-0.2, 0) is 0 Å². The van der Waals surface area contributed by atoms with Crippen LogP contribution in [0.15, 0.2) is 60.8 Å². The Morgan fingerprint density at radius 3 is 2.77 bits per heavy atom. The largest absolute Gasteiger partial charge is 0.367 e. The van der Waals surface area contributed by atoms with E-state index in [1.54, 1.807) is 12.1 Å². The van der Waals surface area contributed by atoms with Gasteiger partial charge in [-0.15, -0.1) is 5.10 Å². The molecule has 4 heterocycles. The van der Waals surface area contributed by atoms with Crippen molar-refractivity contribution in [2.24, 2.45) is 0 Å². The van der Waals surface area contributed by atoms with Gasteiger partial charge in [-0.05, 0) is 67.6 Å².